The normalized spacial score (nSPS) is 9.86. The van der Waals surface area contributed by atoms with Gasteiger partial charge in [-0.3, -0.25) is 10.1 Å². The van der Waals surface area contributed by atoms with E-state index in [2.05, 4.69) is 12.2 Å². The van der Waals surface area contributed by atoms with Gasteiger partial charge in [0.25, 0.3) is 5.69 Å². The van der Waals surface area contributed by atoms with Crippen molar-refractivity contribution in [1.29, 1.82) is 0 Å². The third-order valence-corrected chi connectivity index (χ3v) is 1.72. The average Bonchev–Trinajstić information content (AvgIpc) is 2.08. The van der Waals surface area contributed by atoms with Crippen LogP contribution in [-0.4, -0.2) is 9.91 Å². The first-order valence-corrected chi connectivity index (χ1v) is 3.77. The molecule has 0 unspecified atom stereocenters. The van der Waals surface area contributed by atoms with Gasteiger partial charge in [0, 0.05) is 0 Å². The second-order valence-electron chi connectivity index (χ2n) is 2.40. The fraction of sp³-hybridized carbons (Fsp3) is 0. The van der Waals surface area contributed by atoms with E-state index in [0.717, 1.165) is 0 Å². The lowest BCUT2D eigenvalue weighted by molar-refractivity contribution is -0.385. The van der Waals surface area contributed by atoms with E-state index in [1.54, 1.807) is 0 Å². The summed E-state index contributed by atoms with van der Waals surface area (Å²) in [6, 6.07) is 1.06. The zero-order valence-electron chi connectivity index (χ0n) is 6.66. The molecule has 1 rings (SSSR count). The molecule has 0 aliphatic heterocycles. The van der Waals surface area contributed by atoms with Crippen molar-refractivity contribution in [3.8, 4) is 0 Å². The molecule has 0 saturated heterocycles. The van der Waals surface area contributed by atoms with Gasteiger partial charge < -0.3 is 5.73 Å². The topological polar surface area (TPSA) is 69.2 Å². The summed E-state index contributed by atoms with van der Waals surface area (Å²) in [5, 5.41) is 10.4. The minimum Gasteiger partial charge on any atom is -0.389 e. The summed E-state index contributed by atoms with van der Waals surface area (Å²) in [5.74, 6) is -2.53. The first-order chi connectivity index (χ1) is 6.43. The Morgan fingerprint density at radius 1 is 1.43 bits per heavy atom. The Morgan fingerprint density at radius 2 is 1.93 bits per heavy atom. The van der Waals surface area contributed by atoms with Crippen LogP contribution in [0.5, 0.6) is 0 Å². The maximum atomic E-state index is 12.7. The highest BCUT2D eigenvalue weighted by Gasteiger charge is 2.19. The van der Waals surface area contributed by atoms with Crippen LogP contribution < -0.4 is 5.73 Å². The minimum atomic E-state index is -1.31. The number of thiocarbonyl (C=S) groups is 1. The predicted molar refractivity (Wildman–Crippen MR) is 48.9 cm³/mol. The summed E-state index contributed by atoms with van der Waals surface area (Å²) < 4.78 is 25.3. The smallest absolute Gasteiger partial charge is 0.282 e. The zero-order valence-corrected chi connectivity index (χ0v) is 7.48. The zero-order chi connectivity index (χ0) is 10.9. The molecule has 0 aliphatic carbocycles. The van der Waals surface area contributed by atoms with Gasteiger partial charge in [-0.2, -0.15) is 0 Å². The number of rotatable bonds is 2. The summed E-state index contributed by atoms with van der Waals surface area (Å²) in [6.45, 7) is 0. The summed E-state index contributed by atoms with van der Waals surface area (Å²) >= 11 is 4.46. The Bertz CT molecular complexity index is 383. The molecule has 1 aromatic rings. The molecule has 4 nitrogen and oxygen atoms in total. The van der Waals surface area contributed by atoms with E-state index in [4.69, 9.17) is 5.73 Å². The van der Waals surface area contributed by atoms with Crippen LogP contribution in [0.3, 0.4) is 0 Å². The summed E-state index contributed by atoms with van der Waals surface area (Å²) in [4.78, 5) is 9.16. The van der Waals surface area contributed by atoms with Crippen molar-refractivity contribution >= 4 is 22.9 Å². The minimum absolute atomic E-state index is 0.288. The number of nitrogens with two attached hydrogens (primary N) is 1. The largest absolute Gasteiger partial charge is 0.389 e. The maximum absolute atomic E-state index is 12.7. The van der Waals surface area contributed by atoms with Gasteiger partial charge in [0.2, 0.25) is 0 Å². The molecular weight excluding hydrogens is 214 g/mol. The summed E-state index contributed by atoms with van der Waals surface area (Å²) in [7, 11) is 0. The van der Waals surface area contributed by atoms with Crippen LogP contribution in [0.1, 0.15) is 5.56 Å². The van der Waals surface area contributed by atoms with E-state index in [1.807, 2.05) is 0 Å². The number of nitrogens with zero attached hydrogens (tertiary/aromatic N) is 1. The molecule has 0 atom stereocenters. The quantitative estimate of drug-likeness (QED) is 0.464. The van der Waals surface area contributed by atoms with E-state index in [9.17, 15) is 18.9 Å². The predicted octanol–water partition coefficient (Wildman–Crippen LogP) is 1.51. The van der Waals surface area contributed by atoms with E-state index in [1.165, 1.54) is 0 Å². The van der Waals surface area contributed by atoms with Crippen molar-refractivity contribution in [2.45, 2.75) is 0 Å². The second-order valence-corrected chi connectivity index (χ2v) is 2.84. The highest BCUT2D eigenvalue weighted by molar-refractivity contribution is 7.80. The average molecular weight is 218 g/mol. The van der Waals surface area contributed by atoms with Gasteiger partial charge in [0.05, 0.1) is 16.6 Å². The third kappa shape index (κ3) is 1.82. The van der Waals surface area contributed by atoms with Gasteiger partial charge in [-0.15, -0.1) is 0 Å². The van der Waals surface area contributed by atoms with Crippen LogP contribution >= 0.6 is 12.2 Å². The lowest BCUT2D eigenvalue weighted by Gasteiger charge is -2.01. The van der Waals surface area contributed by atoms with Gasteiger partial charge in [-0.25, -0.2) is 8.78 Å². The fourth-order valence-electron chi connectivity index (χ4n) is 0.885. The Labute approximate surface area is 82.5 Å². The van der Waals surface area contributed by atoms with Crippen LogP contribution in [0.15, 0.2) is 12.1 Å². The van der Waals surface area contributed by atoms with Gasteiger partial charge in [-0.1, -0.05) is 12.2 Å². The third-order valence-electron chi connectivity index (χ3n) is 1.50. The van der Waals surface area contributed by atoms with E-state index in [-0.39, 0.29) is 10.6 Å². The Kier molecular flexibility index (Phi) is 2.70. The number of hydrogen-bond donors (Lipinski definition) is 1. The standard InChI is InChI=1S/C7H4F2N2O2S/c8-4-1-3(7(10)14)6(11(12)13)2-5(4)9/h1-2H,(H2,10,14). The Hall–Kier alpha value is -1.63. The molecule has 0 saturated carbocycles. The molecule has 0 spiro atoms. The summed E-state index contributed by atoms with van der Waals surface area (Å²) in [5.41, 5.74) is 4.18. The molecule has 0 heterocycles. The van der Waals surface area contributed by atoms with Crippen LogP contribution in [0.25, 0.3) is 0 Å². The van der Waals surface area contributed by atoms with Crippen molar-refractivity contribution in [3.05, 3.63) is 39.4 Å². The molecule has 0 amide bonds. The lowest BCUT2D eigenvalue weighted by Crippen LogP contribution is -2.13. The van der Waals surface area contributed by atoms with Gasteiger partial charge in [-0.05, 0) is 6.07 Å². The Morgan fingerprint density at radius 3 is 2.36 bits per heavy atom. The number of nitro benzene ring substituents is 1. The van der Waals surface area contributed by atoms with Crippen molar-refractivity contribution in [1.82, 2.24) is 0 Å². The molecule has 2 N–H and O–H groups in total. The molecule has 0 aliphatic rings. The van der Waals surface area contributed by atoms with E-state index in [0.29, 0.717) is 12.1 Å². The first-order valence-electron chi connectivity index (χ1n) is 3.36. The molecule has 0 radical (unpaired) electrons. The van der Waals surface area contributed by atoms with E-state index < -0.39 is 22.2 Å². The molecule has 1 aromatic carbocycles. The van der Waals surface area contributed by atoms with Crippen molar-refractivity contribution in [2.24, 2.45) is 5.73 Å². The molecule has 0 aromatic heterocycles. The fourth-order valence-corrected chi connectivity index (χ4v) is 1.05. The Balaban J connectivity index is 3.46. The van der Waals surface area contributed by atoms with Crippen molar-refractivity contribution in [2.75, 3.05) is 0 Å². The van der Waals surface area contributed by atoms with Crippen molar-refractivity contribution in [3.63, 3.8) is 0 Å². The molecule has 7 heteroatoms. The number of benzene rings is 1. The second kappa shape index (κ2) is 3.62. The molecule has 0 fully saturated rings. The van der Waals surface area contributed by atoms with Crippen LogP contribution in [0.4, 0.5) is 14.5 Å². The van der Waals surface area contributed by atoms with Gasteiger partial charge in [0.1, 0.15) is 4.99 Å². The molecule has 0 bridgehead atoms. The summed E-state index contributed by atoms with van der Waals surface area (Å²) in [6.07, 6.45) is 0. The first kappa shape index (κ1) is 10.5. The van der Waals surface area contributed by atoms with Crippen LogP contribution in [-0.2, 0) is 0 Å². The lowest BCUT2D eigenvalue weighted by atomic mass is 10.1. The van der Waals surface area contributed by atoms with Crippen LogP contribution in [0, 0.1) is 21.7 Å². The van der Waals surface area contributed by atoms with Gasteiger partial charge >= 0.3 is 0 Å². The maximum Gasteiger partial charge on any atom is 0.282 e. The van der Waals surface area contributed by atoms with Crippen molar-refractivity contribution < 1.29 is 13.7 Å². The van der Waals surface area contributed by atoms with Gasteiger partial charge in [0.15, 0.2) is 11.6 Å². The highest BCUT2D eigenvalue weighted by atomic mass is 32.1. The van der Waals surface area contributed by atoms with E-state index >= 15 is 0 Å². The molecule has 14 heavy (non-hydrogen) atoms. The molecule has 74 valence electrons. The number of hydrogen-bond acceptors (Lipinski definition) is 3. The number of nitro groups is 1. The monoisotopic (exact) mass is 218 g/mol. The SMILES string of the molecule is NC(=S)c1cc(F)c(F)cc1[N+](=O)[O-]. The van der Waals surface area contributed by atoms with Crippen LogP contribution in [0.2, 0.25) is 0 Å². The number of halogens is 2. The molecular formula is C7H4F2N2O2S. The highest BCUT2D eigenvalue weighted by Crippen LogP contribution is 2.21.